The van der Waals surface area contributed by atoms with Crippen LogP contribution in [0.1, 0.15) is 59.8 Å². The summed E-state index contributed by atoms with van der Waals surface area (Å²) in [6.07, 6.45) is 4.55. The maximum atomic E-state index is 9.96. The number of rotatable bonds is 5. The Labute approximate surface area is 101 Å². The molecule has 0 aliphatic heterocycles. The zero-order valence-corrected chi connectivity index (χ0v) is 10.4. The summed E-state index contributed by atoms with van der Waals surface area (Å²) >= 11 is 0. The molecule has 14 heavy (non-hydrogen) atoms. The van der Waals surface area contributed by atoms with Gasteiger partial charge in [-0.2, -0.15) is 20.8 Å². The van der Waals surface area contributed by atoms with Crippen LogP contribution in [0.25, 0.3) is 0 Å². The van der Waals surface area contributed by atoms with Crippen molar-refractivity contribution in [1.29, 1.82) is 0 Å². The van der Waals surface area contributed by atoms with Crippen LogP contribution >= 0.6 is 0 Å². The van der Waals surface area contributed by atoms with Crippen LogP contribution in [-0.2, 0) is 4.79 Å². The van der Waals surface area contributed by atoms with Crippen LogP contribution in [0.3, 0.4) is 0 Å². The Morgan fingerprint density at radius 2 is 1.57 bits per heavy atom. The topological polar surface area (TPSA) is 37.3 Å². The van der Waals surface area contributed by atoms with E-state index in [1.54, 1.807) is 0 Å². The predicted molar refractivity (Wildman–Crippen MR) is 56.7 cm³/mol. The fourth-order valence-corrected chi connectivity index (χ4v) is 0.703. The first-order valence-corrected chi connectivity index (χ1v) is 4.99. The molecule has 0 amide bonds. The van der Waals surface area contributed by atoms with Gasteiger partial charge in [-0.1, -0.05) is 26.2 Å². The Morgan fingerprint density at radius 1 is 1.14 bits per heavy atom. The fraction of sp³-hybridized carbons (Fsp3) is 0.818. The van der Waals surface area contributed by atoms with Crippen molar-refractivity contribution in [2.75, 3.05) is 0 Å². The van der Waals surface area contributed by atoms with Gasteiger partial charge in [0.25, 0.3) is 0 Å². The van der Waals surface area contributed by atoms with Crippen LogP contribution in [-0.4, -0.2) is 11.1 Å². The van der Waals surface area contributed by atoms with Gasteiger partial charge in [-0.15, -0.1) is 0 Å². The van der Waals surface area contributed by atoms with E-state index >= 15 is 0 Å². The molecule has 0 bridgehead atoms. The molecule has 2 nitrogen and oxygen atoms in total. The number of unbranched alkanes of at least 4 members (excludes halogenated alkanes) is 3. The molecule has 0 saturated carbocycles. The molecule has 0 aliphatic carbocycles. The van der Waals surface area contributed by atoms with E-state index in [9.17, 15) is 4.79 Å². The van der Waals surface area contributed by atoms with Crippen molar-refractivity contribution in [1.82, 2.24) is 0 Å². The van der Waals surface area contributed by atoms with Gasteiger partial charge in [0.2, 0.25) is 0 Å². The Kier molecular flexibility index (Phi) is 21.8. The van der Waals surface area contributed by atoms with E-state index in [1.165, 1.54) is 12.3 Å². The van der Waals surface area contributed by atoms with Crippen molar-refractivity contribution in [3.05, 3.63) is 5.92 Å². The van der Waals surface area contributed by atoms with Gasteiger partial charge in [0, 0.05) is 6.42 Å². The maximum Gasteiger partial charge on any atom is 1.00 e. The summed E-state index contributed by atoms with van der Waals surface area (Å²) in [5.41, 5.74) is 0. The number of carbonyl (C=O) groups is 1. The summed E-state index contributed by atoms with van der Waals surface area (Å²) < 4.78 is 0. The minimum atomic E-state index is -0.675. The van der Waals surface area contributed by atoms with Gasteiger partial charge in [0.15, 0.2) is 0 Å². The second-order valence-electron chi connectivity index (χ2n) is 3.70. The number of carboxylic acids is 1. The standard InChI is InChI=1S/C7H14O2.C4H9.Li/c1-2-3-4-5-6-7(8)9;1-4(2)3;/h2-6H2,1H3,(H,8,9);1-3H3;/q;-1;+1. The van der Waals surface area contributed by atoms with Crippen LogP contribution < -0.4 is 18.9 Å². The van der Waals surface area contributed by atoms with Crippen molar-refractivity contribution in [2.45, 2.75) is 59.8 Å². The normalized spacial score (nSPS) is 8.64. The molecular weight excluding hydrogens is 171 g/mol. The van der Waals surface area contributed by atoms with Crippen LogP contribution in [0.15, 0.2) is 0 Å². The van der Waals surface area contributed by atoms with Gasteiger partial charge in [0.05, 0.1) is 0 Å². The Bertz CT molecular complexity index is 111. The van der Waals surface area contributed by atoms with Crippen LogP contribution in [0.2, 0.25) is 0 Å². The van der Waals surface area contributed by atoms with Crippen molar-refractivity contribution < 1.29 is 28.8 Å². The molecule has 0 atom stereocenters. The number of hydrogen-bond acceptors (Lipinski definition) is 1. The maximum absolute atomic E-state index is 9.96. The summed E-state index contributed by atoms with van der Waals surface area (Å²) in [5.74, 6) is 0.742. The quantitative estimate of drug-likeness (QED) is 0.397. The summed E-state index contributed by atoms with van der Waals surface area (Å²) in [4.78, 5) is 9.96. The smallest absolute Gasteiger partial charge is 0.481 e. The fourth-order valence-electron chi connectivity index (χ4n) is 0.703. The molecule has 0 unspecified atom stereocenters. The Hall–Kier alpha value is 0.0674. The second-order valence-corrected chi connectivity index (χ2v) is 3.70. The van der Waals surface area contributed by atoms with E-state index in [4.69, 9.17) is 5.11 Å². The van der Waals surface area contributed by atoms with E-state index < -0.39 is 5.97 Å². The van der Waals surface area contributed by atoms with Gasteiger partial charge >= 0.3 is 24.8 Å². The van der Waals surface area contributed by atoms with Crippen molar-refractivity contribution in [3.63, 3.8) is 0 Å². The third-order valence-corrected chi connectivity index (χ3v) is 1.24. The summed E-state index contributed by atoms with van der Waals surface area (Å²) in [7, 11) is 0. The molecule has 0 radical (unpaired) electrons. The molecule has 0 aromatic heterocycles. The van der Waals surface area contributed by atoms with Gasteiger partial charge < -0.3 is 11.0 Å². The summed E-state index contributed by atoms with van der Waals surface area (Å²) in [5, 5.41) is 8.21. The van der Waals surface area contributed by atoms with Gasteiger partial charge in [-0.05, 0) is 6.42 Å². The number of hydrogen-bond donors (Lipinski definition) is 1. The third kappa shape index (κ3) is 40.2. The molecule has 80 valence electrons. The monoisotopic (exact) mass is 194 g/mol. The van der Waals surface area contributed by atoms with E-state index in [0.29, 0.717) is 6.42 Å². The number of carboxylic acid groups (broad SMARTS) is 1. The van der Waals surface area contributed by atoms with E-state index in [-0.39, 0.29) is 18.9 Å². The summed E-state index contributed by atoms with van der Waals surface area (Å²) in [6, 6.07) is 0. The molecule has 1 N–H and O–H groups in total. The van der Waals surface area contributed by atoms with Crippen LogP contribution in [0, 0.1) is 5.92 Å². The van der Waals surface area contributed by atoms with Crippen molar-refractivity contribution >= 4 is 5.97 Å². The largest absolute Gasteiger partial charge is 1.00 e. The van der Waals surface area contributed by atoms with E-state index in [2.05, 4.69) is 27.7 Å². The molecule has 0 rings (SSSR count). The Balaban J connectivity index is -0.000000209. The Morgan fingerprint density at radius 3 is 1.86 bits per heavy atom. The molecule has 0 spiro atoms. The van der Waals surface area contributed by atoms with Crippen molar-refractivity contribution in [3.8, 4) is 0 Å². The molecule has 0 aromatic carbocycles. The van der Waals surface area contributed by atoms with Crippen molar-refractivity contribution in [2.24, 2.45) is 0 Å². The summed E-state index contributed by atoms with van der Waals surface area (Å²) in [6.45, 7) is 8.36. The predicted octanol–water partition coefficient (Wildman–Crippen LogP) is 0.666. The number of aliphatic carboxylic acids is 1. The first-order chi connectivity index (χ1) is 6.00. The zero-order chi connectivity index (χ0) is 10.7. The van der Waals surface area contributed by atoms with Crippen LogP contribution in [0.5, 0.6) is 0 Å². The van der Waals surface area contributed by atoms with E-state index in [0.717, 1.165) is 19.3 Å². The van der Waals surface area contributed by atoms with Crippen LogP contribution in [0.4, 0.5) is 0 Å². The first kappa shape index (κ1) is 19.6. The zero-order valence-electron chi connectivity index (χ0n) is 10.4. The minimum absolute atomic E-state index is 0. The molecule has 0 aromatic rings. The van der Waals surface area contributed by atoms with E-state index in [1.807, 2.05) is 0 Å². The molecular formula is C11H23LiO2. The first-order valence-electron chi connectivity index (χ1n) is 4.99. The average molecular weight is 194 g/mol. The SMILES string of the molecule is CCCCCCC(=O)O.C[C-](C)C.[Li+]. The molecule has 0 saturated heterocycles. The molecule has 0 heterocycles. The van der Waals surface area contributed by atoms with Gasteiger partial charge in [0.1, 0.15) is 0 Å². The third-order valence-electron chi connectivity index (χ3n) is 1.24. The van der Waals surface area contributed by atoms with Gasteiger partial charge in [-0.25, -0.2) is 0 Å². The van der Waals surface area contributed by atoms with Gasteiger partial charge in [-0.3, -0.25) is 4.79 Å². The molecule has 0 aliphatic rings. The molecule has 3 heteroatoms. The minimum Gasteiger partial charge on any atom is -0.481 e. The molecule has 0 fully saturated rings. The second kappa shape index (κ2) is 15.5. The average Bonchev–Trinajstić information content (AvgIpc) is 1.97.